The minimum Gasteiger partial charge on any atom is -0.493 e. The molecule has 0 radical (unpaired) electrons. The Morgan fingerprint density at radius 3 is 2.46 bits per heavy atom. The van der Waals surface area contributed by atoms with Crippen LogP contribution in [0.3, 0.4) is 0 Å². The zero-order valence-corrected chi connectivity index (χ0v) is 14.0. The van der Waals surface area contributed by atoms with Crippen LogP contribution >= 0.6 is 0 Å². The predicted octanol–water partition coefficient (Wildman–Crippen LogP) is 2.96. The van der Waals surface area contributed by atoms with Gasteiger partial charge < -0.3 is 14.2 Å². The lowest BCUT2D eigenvalue weighted by atomic mass is 10.1. The number of non-ortho nitro benzene ring substituents is 1. The van der Waals surface area contributed by atoms with E-state index in [9.17, 15) is 14.9 Å². The van der Waals surface area contributed by atoms with Crippen LogP contribution in [0.5, 0.6) is 11.5 Å². The van der Waals surface area contributed by atoms with Gasteiger partial charge in [0, 0.05) is 23.3 Å². The molecule has 0 atom stereocenters. The lowest BCUT2D eigenvalue weighted by Gasteiger charge is -2.09. The highest BCUT2D eigenvalue weighted by Gasteiger charge is 2.25. The predicted molar refractivity (Wildman–Crippen MR) is 93.2 cm³/mol. The van der Waals surface area contributed by atoms with Crippen molar-refractivity contribution in [1.29, 1.82) is 0 Å². The topological polar surface area (TPSA) is 100 Å². The molecule has 0 aromatic heterocycles. The van der Waals surface area contributed by atoms with Gasteiger partial charge in [0.25, 0.3) is 5.69 Å². The zero-order valence-electron chi connectivity index (χ0n) is 14.0. The Kier molecular flexibility index (Phi) is 4.66. The van der Waals surface area contributed by atoms with Crippen LogP contribution in [0.2, 0.25) is 0 Å². The molecule has 1 aliphatic heterocycles. The largest absolute Gasteiger partial charge is 0.493 e. The summed E-state index contributed by atoms with van der Waals surface area (Å²) >= 11 is 0. The molecular weight excluding hydrogens is 340 g/mol. The Labute approximate surface area is 148 Å². The summed E-state index contributed by atoms with van der Waals surface area (Å²) in [5.74, 6) is 0.448. The molecule has 0 amide bonds. The van der Waals surface area contributed by atoms with Crippen molar-refractivity contribution in [1.82, 2.24) is 0 Å². The summed E-state index contributed by atoms with van der Waals surface area (Å²) in [6.45, 7) is 0. The van der Waals surface area contributed by atoms with Gasteiger partial charge in [0.2, 0.25) is 5.90 Å². The molecule has 0 saturated heterocycles. The number of ether oxygens (including phenoxy) is 3. The molecule has 0 bridgehead atoms. The molecule has 0 spiro atoms. The van der Waals surface area contributed by atoms with Gasteiger partial charge in [0.15, 0.2) is 17.2 Å². The van der Waals surface area contributed by atoms with Gasteiger partial charge in [-0.2, -0.15) is 0 Å². The minimum atomic E-state index is -0.622. The molecule has 2 aromatic rings. The van der Waals surface area contributed by atoms with E-state index >= 15 is 0 Å². The van der Waals surface area contributed by atoms with Crippen LogP contribution in [-0.4, -0.2) is 31.0 Å². The number of esters is 1. The van der Waals surface area contributed by atoms with Crippen LogP contribution in [0.1, 0.15) is 11.1 Å². The summed E-state index contributed by atoms with van der Waals surface area (Å²) in [6, 6.07) is 10.8. The van der Waals surface area contributed by atoms with Crippen molar-refractivity contribution in [2.24, 2.45) is 4.99 Å². The maximum atomic E-state index is 12.1. The van der Waals surface area contributed by atoms with Crippen molar-refractivity contribution < 1.29 is 23.9 Å². The SMILES string of the molecule is COc1cccc(C=C2N=C(c3ccc([N+](=O)[O-])cc3)OC2=O)c1OC. The molecule has 1 heterocycles. The number of hydrogen-bond acceptors (Lipinski definition) is 7. The van der Waals surface area contributed by atoms with Gasteiger partial charge in [-0.3, -0.25) is 10.1 Å². The highest BCUT2D eigenvalue weighted by molar-refractivity contribution is 6.13. The van der Waals surface area contributed by atoms with E-state index < -0.39 is 10.9 Å². The van der Waals surface area contributed by atoms with E-state index in [4.69, 9.17) is 14.2 Å². The van der Waals surface area contributed by atoms with Crippen LogP contribution in [0.4, 0.5) is 5.69 Å². The number of nitro groups is 1. The average molecular weight is 354 g/mol. The molecule has 0 aliphatic carbocycles. The monoisotopic (exact) mass is 354 g/mol. The van der Waals surface area contributed by atoms with E-state index in [1.807, 2.05) is 0 Å². The van der Waals surface area contributed by atoms with Gasteiger partial charge in [-0.1, -0.05) is 12.1 Å². The van der Waals surface area contributed by atoms with Crippen molar-refractivity contribution in [2.75, 3.05) is 14.2 Å². The quantitative estimate of drug-likeness (QED) is 0.354. The third kappa shape index (κ3) is 3.25. The van der Waals surface area contributed by atoms with Gasteiger partial charge in [-0.15, -0.1) is 0 Å². The number of nitrogens with zero attached hydrogens (tertiary/aromatic N) is 2. The van der Waals surface area contributed by atoms with Gasteiger partial charge in [0.05, 0.1) is 19.1 Å². The number of rotatable bonds is 5. The van der Waals surface area contributed by atoms with Crippen molar-refractivity contribution in [3.05, 3.63) is 69.4 Å². The molecule has 3 rings (SSSR count). The Morgan fingerprint density at radius 1 is 1.12 bits per heavy atom. The first kappa shape index (κ1) is 17.2. The molecular formula is C18H14N2O6. The maximum Gasteiger partial charge on any atom is 0.363 e. The van der Waals surface area contributed by atoms with E-state index in [-0.39, 0.29) is 17.3 Å². The second-order valence-corrected chi connectivity index (χ2v) is 5.22. The summed E-state index contributed by atoms with van der Waals surface area (Å²) in [5, 5.41) is 10.7. The Balaban J connectivity index is 1.95. The van der Waals surface area contributed by atoms with Gasteiger partial charge >= 0.3 is 5.97 Å². The molecule has 0 N–H and O–H groups in total. The molecule has 8 heteroatoms. The van der Waals surface area contributed by atoms with Crippen LogP contribution in [0, 0.1) is 10.1 Å². The number of carbonyl (C=O) groups is 1. The van der Waals surface area contributed by atoms with Crippen molar-refractivity contribution >= 4 is 23.6 Å². The summed E-state index contributed by atoms with van der Waals surface area (Å²) in [5.41, 5.74) is 1.10. The standard InChI is InChI=1S/C18H14N2O6/c1-24-15-5-3-4-12(16(15)25-2)10-14-18(21)26-17(19-14)11-6-8-13(9-7-11)20(22)23/h3-10H,1-2H3. The lowest BCUT2D eigenvalue weighted by molar-refractivity contribution is -0.384. The number of aliphatic imine (C=N–C) groups is 1. The van der Waals surface area contributed by atoms with Crippen LogP contribution in [-0.2, 0) is 9.53 Å². The number of nitro benzene ring substituents is 1. The number of para-hydroxylation sites is 1. The Bertz CT molecular complexity index is 931. The van der Waals surface area contributed by atoms with Crippen LogP contribution in [0.25, 0.3) is 6.08 Å². The molecule has 0 saturated carbocycles. The highest BCUT2D eigenvalue weighted by Crippen LogP contribution is 2.33. The number of cyclic esters (lactones) is 1. The summed E-state index contributed by atoms with van der Waals surface area (Å²) in [7, 11) is 3.02. The number of benzene rings is 2. The van der Waals surface area contributed by atoms with Gasteiger partial charge in [0.1, 0.15) is 0 Å². The summed E-state index contributed by atoms with van der Waals surface area (Å²) in [6.07, 6.45) is 1.53. The van der Waals surface area contributed by atoms with E-state index in [2.05, 4.69) is 4.99 Å². The lowest BCUT2D eigenvalue weighted by Crippen LogP contribution is -2.05. The minimum absolute atomic E-state index is 0.0597. The van der Waals surface area contributed by atoms with Crippen LogP contribution in [0.15, 0.2) is 53.2 Å². The summed E-state index contributed by atoms with van der Waals surface area (Å²) in [4.78, 5) is 26.5. The van der Waals surface area contributed by atoms with E-state index in [1.54, 1.807) is 18.2 Å². The summed E-state index contributed by atoms with van der Waals surface area (Å²) < 4.78 is 15.7. The number of carbonyl (C=O) groups excluding carboxylic acids is 1. The first-order valence-corrected chi connectivity index (χ1v) is 7.52. The molecule has 1 aliphatic rings. The Morgan fingerprint density at radius 2 is 1.85 bits per heavy atom. The normalized spacial score (nSPS) is 14.8. The fourth-order valence-electron chi connectivity index (χ4n) is 2.43. The van der Waals surface area contributed by atoms with E-state index in [1.165, 1.54) is 44.6 Å². The van der Waals surface area contributed by atoms with Gasteiger partial charge in [-0.05, 0) is 24.3 Å². The fraction of sp³-hybridized carbons (Fsp3) is 0.111. The van der Waals surface area contributed by atoms with Crippen molar-refractivity contribution in [3.8, 4) is 11.5 Å². The first-order valence-electron chi connectivity index (χ1n) is 7.52. The smallest absolute Gasteiger partial charge is 0.363 e. The number of hydrogen-bond donors (Lipinski definition) is 0. The molecule has 0 fully saturated rings. The van der Waals surface area contributed by atoms with Gasteiger partial charge in [-0.25, -0.2) is 9.79 Å². The molecule has 2 aromatic carbocycles. The molecule has 132 valence electrons. The zero-order chi connectivity index (χ0) is 18.7. The Hall–Kier alpha value is -3.68. The molecule has 0 unspecified atom stereocenters. The number of methoxy groups -OCH3 is 2. The average Bonchev–Trinajstić information content (AvgIpc) is 3.02. The first-order chi connectivity index (χ1) is 12.5. The molecule has 8 nitrogen and oxygen atoms in total. The van der Waals surface area contributed by atoms with Crippen LogP contribution < -0.4 is 9.47 Å². The molecule has 26 heavy (non-hydrogen) atoms. The third-order valence-corrected chi connectivity index (χ3v) is 3.67. The van der Waals surface area contributed by atoms with Crippen molar-refractivity contribution in [2.45, 2.75) is 0 Å². The second-order valence-electron chi connectivity index (χ2n) is 5.22. The van der Waals surface area contributed by atoms with Crippen molar-refractivity contribution in [3.63, 3.8) is 0 Å². The maximum absolute atomic E-state index is 12.1. The highest BCUT2D eigenvalue weighted by atomic mass is 16.6. The van der Waals surface area contributed by atoms with E-state index in [0.29, 0.717) is 22.6 Å². The third-order valence-electron chi connectivity index (χ3n) is 3.67. The second kappa shape index (κ2) is 7.06. The fourth-order valence-corrected chi connectivity index (χ4v) is 2.43. The van der Waals surface area contributed by atoms with E-state index in [0.717, 1.165) is 0 Å².